The summed E-state index contributed by atoms with van der Waals surface area (Å²) in [4.78, 5) is 4.82. The third-order valence-electron chi connectivity index (χ3n) is 14.9. The van der Waals surface area contributed by atoms with Gasteiger partial charge in [-0.1, -0.05) is 170 Å². The molecule has 0 fully saturated rings. The molecule has 0 spiro atoms. The van der Waals surface area contributed by atoms with E-state index in [-0.39, 0.29) is 23.0 Å². The van der Waals surface area contributed by atoms with Gasteiger partial charge in [0, 0.05) is 38.1 Å². The van der Waals surface area contributed by atoms with Crippen LogP contribution in [0.2, 0.25) is 0 Å². The molecule has 3 heteroatoms. The second-order valence-electron chi connectivity index (χ2n) is 21.1. The quantitative estimate of drug-likeness (QED) is 0.159. The van der Waals surface area contributed by atoms with Crippen molar-refractivity contribution in [3.05, 3.63) is 198 Å². The Morgan fingerprint density at radius 1 is 0.477 bits per heavy atom. The molecule has 0 saturated heterocycles. The molecule has 0 unspecified atom stereocenters. The Bertz CT molecular complexity index is 3270. The van der Waals surface area contributed by atoms with Crippen LogP contribution in [0.4, 0.5) is 34.1 Å². The van der Waals surface area contributed by atoms with E-state index in [0.29, 0.717) is 5.56 Å². The highest BCUT2D eigenvalue weighted by Gasteiger charge is 2.47. The van der Waals surface area contributed by atoms with E-state index in [1.807, 2.05) is 12.1 Å². The maximum Gasteiger partial charge on any atom is 0.252 e. The van der Waals surface area contributed by atoms with E-state index in [1.54, 1.807) is 0 Å². The monoisotopic (exact) mass is 845 g/mol. The van der Waals surface area contributed by atoms with Gasteiger partial charge in [0.05, 0.1) is 5.69 Å². The zero-order valence-electron chi connectivity index (χ0n) is 42.1. The molecule has 2 aliphatic heterocycles. The predicted molar refractivity (Wildman–Crippen MR) is 280 cm³/mol. The largest absolute Gasteiger partial charge is 0.311 e. The standard InChI is InChI=1S/C62H59BN2/c1-40-33-57-59-58(34-40)65(54-30-27-47(60(3,4)5)37-48(54)44-23-17-12-18-24-44)55-29-26-46(43-21-15-11-16-22-43)36-51(55)63(59)52-38-49-50(62(8,9)32-31-61(49,6)7)39-56(52)64(57)53-28-25-45(35-41(53)2)42-19-13-10-14-20-42/h10-30,33-39H,31-32H2,1-9H3/i1D3. The average Bonchev–Trinajstić information content (AvgIpc) is 3.32. The minimum absolute atomic E-state index is 0.0407. The molecule has 0 bridgehead atoms. The van der Waals surface area contributed by atoms with Crippen LogP contribution >= 0.6 is 0 Å². The lowest BCUT2D eigenvalue weighted by molar-refractivity contribution is 0.332. The number of anilines is 6. The highest BCUT2D eigenvalue weighted by Crippen LogP contribution is 2.52. The fraction of sp³-hybridized carbons (Fsp3) is 0.226. The van der Waals surface area contributed by atoms with Crippen molar-refractivity contribution >= 4 is 57.2 Å². The Labute approximate surface area is 391 Å². The van der Waals surface area contributed by atoms with Crippen molar-refractivity contribution in [2.24, 2.45) is 0 Å². The fourth-order valence-electron chi connectivity index (χ4n) is 11.2. The van der Waals surface area contributed by atoms with Gasteiger partial charge >= 0.3 is 0 Å². The van der Waals surface area contributed by atoms with Gasteiger partial charge in [0.2, 0.25) is 0 Å². The van der Waals surface area contributed by atoms with Crippen molar-refractivity contribution < 1.29 is 4.11 Å². The number of rotatable bonds is 5. The summed E-state index contributed by atoms with van der Waals surface area (Å²) in [6.45, 7) is 16.0. The van der Waals surface area contributed by atoms with Gasteiger partial charge in [0.15, 0.2) is 0 Å². The summed E-state index contributed by atoms with van der Waals surface area (Å²) >= 11 is 0. The topological polar surface area (TPSA) is 6.48 Å². The molecular formula is C62H59BN2. The molecule has 65 heavy (non-hydrogen) atoms. The van der Waals surface area contributed by atoms with Gasteiger partial charge in [-0.05, 0) is 163 Å². The molecule has 0 atom stereocenters. The number of hydrogen-bond acceptors (Lipinski definition) is 2. The molecular weight excluding hydrogens is 784 g/mol. The molecule has 8 aromatic rings. The van der Waals surface area contributed by atoms with Gasteiger partial charge in [-0.3, -0.25) is 0 Å². The summed E-state index contributed by atoms with van der Waals surface area (Å²) < 4.78 is 27.4. The summed E-state index contributed by atoms with van der Waals surface area (Å²) in [5.41, 5.74) is 21.6. The van der Waals surface area contributed by atoms with Gasteiger partial charge in [0.25, 0.3) is 6.71 Å². The Balaban J connectivity index is 1.28. The average molecular weight is 846 g/mol. The highest BCUT2D eigenvalue weighted by molar-refractivity contribution is 7.00. The van der Waals surface area contributed by atoms with Gasteiger partial charge in [-0.25, -0.2) is 0 Å². The smallest absolute Gasteiger partial charge is 0.252 e. The SMILES string of the molecule is [2H]C([2H])([2H])c1cc2c3c(c1)N(c1ccc(C(C)(C)C)cc1-c1ccccc1)c1ccc(-c4ccccc4)cc1B3c1cc3c(cc1N2c1ccc(-c2ccccc2)cc1C)C(C)(C)CCC3(C)C. The lowest BCUT2D eigenvalue weighted by Crippen LogP contribution is -2.62. The van der Waals surface area contributed by atoms with Gasteiger partial charge in [0.1, 0.15) is 0 Å². The first kappa shape index (κ1) is 37.8. The predicted octanol–water partition coefficient (Wildman–Crippen LogP) is 15.0. The first-order valence-corrected chi connectivity index (χ1v) is 23.4. The van der Waals surface area contributed by atoms with Crippen LogP contribution in [0.1, 0.15) is 93.2 Å². The zero-order chi connectivity index (χ0) is 47.5. The van der Waals surface area contributed by atoms with Crippen LogP contribution in [0.3, 0.4) is 0 Å². The number of benzene rings is 8. The summed E-state index contributed by atoms with van der Waals surface area (Å²) in [5.74, 6) is 0. The number of nitrogens with zero attached hydrogens (tertiary/aromatic N) is 2. The molecule has 8 aromatic carbocycles. The molecule has 3 aliphatic rings. The van der Waals surface area contributed by atoms with E-state index in [4.69, 9.17) is 4.11 Å². The van der Waals surface area contributed by atoms with E-state index < -0.39 is 6.85 Å². The van der Waals surface area contributed by atoms with Crippen LogP contribution in [0.5, 0.6) is 0 Å². The van der Waals surface area contributed by atoms with Crippen LogP contribution in [0, 0.1) is 13.8 Å². The van der Waals surface area contributed by atoms with Gasteiger partial charge in [-0.2, -0.15) is 0 Å². The Kier molecular flexibility index (Phi) is 8.71. The van der Waals surface area contributed by atoms with E-state index >= 15 is 0 Å². The molecule has 320 valence electrons. The molecule has 1 aliphatic carbocycles. The normalized spacial score (nSPS) is 16.4. The second kappa shape index (κ2) is 15.0. The summed E-state index contributed by atoms with van der Waals surface area (Å²) in [6, 6.07) is 61.6. The Hall–Kier alpha value is -6.58. The summed E-state index contributed by atoms with van der Waals surface area (Å²) in [5, 5.41) is 0. The number of aryl methyl sites for hydroxylation is 2. The van der Waals surface area contributed by atoms with Crippen molar-refractivity contribution in [2.75, 3.05) is 9.80 Å². The van der Waals surface area contributed by atoms with Gasteiger partial charge in [-0.15, -0.1) is 0 Å². The third-order valence-corrected chi connectivity index (χ3v) is 14.9. The van der Waals surface area contributed by atoms with Crippen LogP contribution < -0.4 is 26.2 Å². The van der Waals surface area contributed by atoms with Crippen molar-refractivity contribution in [3.63, 3.8) is 0 Å². The maximum atomic E-state index is 9.14. The lowest BCUT2D eigenvalue weighted by atomic mass is 9.33. The van der Waals surface area contributed by atoms with E-state index in [2.05, 4.69) is 223 Å². The fourth-order valence-corrected chi connectivity index (χ4v) is 11.2. The van der Waals surface area contributed by atoms with Crippen molar-refractivity contribution in [3.8, 4) is 33.4 Å². The Morgan fingerprint density at radius 3 is 1.55 bits per heavy atom. The molecule has 0 aromatic heterocycles. The van der Waals surface area contributed by atoms with E-state index in [0.717, 1.165) is 91.4 Å². The molecule has 0 amide bonds. The highest BCUT2D eigenvalue weighted by atomic mass is 15.2. The van der Waals surface area contributed by atoms with Crippen LogP contribution in [-0.4, -0.2) is 6.71 Å². The number of hydrogen-bond donors (Lipinski definition) is 0. The minimum atomic E-state index is -2.39. The maximum absolute atomic E-state index is 9.14. The van der Waals surface area contributed by atoms with Crippen molar-refractivity contribution in [1.29, 1.82) is 0 Å². The zero-order valence-corrected chi connectivity index (χ0v) is 39.1. The van der Waals surface area contributed by atoms with Gasteiger partial charge < -0.3 is 9.80 Å². The summed E-state index contributed by atoms with van der Waals surface area (Å²) in [7, 11) is 0. The number of fused-ring (bicyclic) bond motifs is 5. The first-order chi connectivity index (χ1) is 32.4. The van der Waals surface area contributed by atoms with Crippen LogP contribution in [0.15, 0.2) is 170 Å². The van der Waals surface area contributed by atoms with E-state index in [9.17, 15) is 0 Å². The summed E-state index contributed by atoms with van der Waals surface area (Å²) in [6.07, 6.45) is 2.18. The van der Waals surface area contributed by atoms with E-state index in [1.165, 1.54) is 27.6 Å². The van der Waals surface area contributed by atoms with Crippen molar-refractivity contribution in [2.45, 2.75) is 91.3 Å². The molecule has 2 heterocycles. The molecule has 2 nitrogen and oxygen atoms in total. The third kappa shape index (κ3) is 6.77. The minimum Gasteiger partial charge on any atom is -0.311 e. The molecule has 0 radical (unpaired) electrons. The lowest BCUT2D eigenvalue weighted by Gasteiger charge is -2.48. The Morgan fingerprint density at radius 2 is 0.985 bits per heavy atom. The first-order valence-electron chi connectivity index (χ1n) is 24.9. The second-order valence-corrected chi connectivity index (χ2v) is 21.1. The molecule has 11 rings (SSSR count). The van der Waals surface area contributed by atoms with Crippen LogP contribution in [0.25, 0.3) is 33.4 Å². The molecule has 0 N–H and O–H groups in total. The molecule has 0 saturated carbocycles. The van der Waals surface area contributed by atoms with Crippen LogP contribution in [-0.2, 0) is 16.2 Å². The van der Waals surface area contributed by atoms with Crippen molar-refractivity contribution in [1.82, 2.24) is 0 Å².